The fourth-order valence-electron chi connectivity index (χ4n) is 2.84. The molecule has 0 radical (unpaired) electrons. The van der Waals surface area contributed by atoms with Crippen LogP contribution in [0.5, 0.6) is 5.75 Å². The van der Waals surface area contributed by atoms with Gasteiger partial charge in [0.2, 0.25) is 0 Å². The van der Waals surface area contributed by atoms with E-state index in [1.807, 2.05) is 42.0 Å². The molecule has 7 heteroatoms. The summed E-state index contributed by atoms with van der Waals surface area (Å²) in [5.74, 6) is 1.23. The van der Waals surface area contributed by atoms with Crippen LogP contribution in [0.2, 0.25) is 0 Å². The first-order valence-corrected chi connectivity index (χ1v) is 9.14. The van der Waals surface area contributed by atoms with Gasteiger partial charge in [0.15, 0.2) is 0 Å². The van der Waals surface area contributed by atoms with Gasteiger partial charge in [-0.2, -0.15) is 0 Å². The molecule has 4 aromatic rings. The van der Waals surface area contributed by atoms with Gasteiger partial charge in [0.05, 0.1) is 17.5 Å². The summed E-state index contributed by atoms with van der Waals surface area (Å²) in [6.45, 7) is 0.570. The lowest BCUT2D eigenvalue weighted by Crippen LogP contribution is -2.25. The maximum atomic E-state index is 12.5. The number of hydrogen-bond acceptors (Lipinski definition) is 4. The zero-order chi connectivity index (χ0) is 17.9. The van der Waals surface area contributed by atoms with Gasteiger partial charge in [-0.05, 0) is 41.6 Å². The molecule has 0 saturated carbocycles. The number of rotatable bonds is 6. The average molecular weight is 366 g/mol. The van der Waals surface area contributed by atoms with Crippen molar-refractivity contribution in [2.75, 3.05) is 13.7 Å². The van der Waals surface area contributed by atoms with Gasteiger partial charge in [-0.1, -0.05) is 6.07 Å². The van der Waals surface area contributed by atoms with Gasteiger partial charge < -0.3 is 20.0 Å². The first-order chi connectivity index (χ1) is 12.7. The van der Waals surface area contributed by atoms with Crippen molar-refractivity contribution in [2.45, 2.75) is 6.42 Å². The van der Waals surface area contributed by atoms with Crippen molar-refractivity contribution in [1.29, 1.82) is 0 Å². The average Bonchev–Trinajstić information content (AvgIpc) is 3.40. The number of ether oxygens (including phenoxy) is 1. The van der Waals surface area contributed by atoms with Crippen LogP contribution in [0.3, 0.4) is 0 Å². The van der Waals surface area contributed by atoms with Crippen LogP contribution in [0.25, 0.3) is 21.7 Å². The lowest BCUT2D eigenvalue weighted by Gasteiger charge is -2.07. The Hall–Kier alpha value is -3.06. The molecule has 0 aliphatic heterocycles. The number of methoxy groups -OCH3 is 1. The molecule has 0 spiro atoms. The molecule has 0 fully saturated rings. The van der Waals surface area contributed by atoms with Crippen molar-refractivity contribution in [2.24, 2.45) is 0 Å². The third-order valence-corrected chi connectivity index (χ3v) is 5.03. The number of aromatic amines is 2. The van der Waals surface area contributed by atoms with Crippen LogP contribution < -0.4 is 10.1 Å². The Bertz CT molecular complexity index is 1020. The molecule has 4 rings (SSSR count). The van der Waals surface area contributed by atoms with Gasteiger partial charge in [-0.15, -0.1) is 11.3 Å². The summed E-state index contributed by atoms with van der Waals surface area (Å²) in [6.07, 6.45) is 4.58. The molecule has 0 aliphatic carbocycles. The summed E-state index contributed by atoms with van der Waals surface area (Å²) in [6, 6.07) is 9.52. The van der Waals surface area contributed by atoms with E-state index in [4.69, 9.17) is 4.74 Å². The molecule has 1 aromatic carbocycles. The number of nitrogens with one attached hydrogen (secondary N) is 3. The van der Waals surface area contributed by atoms with Gasteiger partial charge >= 0.3 is 0 Å². The van der Waals surface area contributed by atoms with Crippen molar-refractivity contribution in [1.82, 2.24) is 20.3 Å². The van der Waals surface area contributed by atoms with Gasteiger partial charge in [0.1, 0.15) is 17.1 Å². The minimum absolute atomic E-state index is 0.131. The molecule has 0 atom stereocenters. The van der Waals surface area contributed by atoms with Crippen LogP contribution in [0.4, 0.5) is 0 Å². The smallest absolute Gasteiger partial charge is 0.251 e. The molecule has 3 aromatic heterocycles. The lowest BCUT2D eigenvalue weighted by molar-refractivity contribution is 0.0954. The van der Waals surface area contributed by atoms with Crippen molar-refractivity contribution >= 4 is 28.3 Å². The Morgan fingerprint density at radius 1 is 1.35 bits per heavy atom. The molecule has 3 heterocycles. The second-order valence-electron chi connectivity index (χ2n) is 5.86. The lowest BCUT2D eigenvalue weighted by atomic mass is 10.1. The van der Waals surface area contributed by atoms with Crippen molar-refractivity contribution in [3.8, 4) is 16.5 Å². The number of nitrogens with zero attached hydrogens (tertiary/aromatic N) is 1. The van der Waals surface area contributed by atoms with E-state index in [2.05, 4.69) is 20.3 Å². The van der Waals surface area contributed by atoms with E-state index in [0.29, 0.717) is 17.9 Å². The van der Waals surface area contributed by atoms with E-state index in [-0.39, 0.29) is 5.91 Å². The van der Waals surface area contributed by atoms with Crippen LogP contribution in [-0.2, 0) is 6.42 Å². The van der Waals surface area contributed by atoms with Crippen molar-refractivity contribution in [3.05, 3.63) is 59.2 Å². The van der Waals surface area contributed by atoms with Crippen LogP contribution in [-0.4, -0.2) is 34.5 Å². The number of amides is 1. The quantitative estimate of drug-likeness (QED) is 0.487. The molecular formula is C19H18N4O2S. The van der Waals surface area contributed by atoms with Crippen LogP contribution >= 0.6 is 11.3 Å². The number of fused-ring (bicyclic) bond motifs is 1. The summed E-state index contributed by atoms with van der Waals surface area (Å²) in [4.78, 5) is 24.5. The highest BCUT2D eigenvalue weighted by Crippen LogP contribution is 2.30. The number of H-pyrrole nitrogens is 2. The summed E-state index contributed by atoms with van der Waals surface area (Å²) < 4.78 is 5.45. The largest absolute Gasteiger partial charge is 0.494 e. The van der Waals surface area contributed by atoms with Crippen LogP contribution in [0.1, 0.15) is 15.9 Å². The summed E-state index contributed by atoms with van der Waals surface area (Å²) in [7, 11) is 1.59. The third kappa shape index (κ3) is 3.21. The van der Waals surface area contributed by atoms with E-state index in [9.17, 15) is 4.79 Å². The number of aromatic nitrogens is 3. The van der Waals surface area contributed by atoms with E-state index < -0.39 is 0 Å². The van der Waals surface area contributed by atoms with E-state index in [1.165, 1.54) is 0 Å². The number of thiophene rings is 1. The second-order valence-corrected chi connectivity index (χ2v) is 6.81. The molecule has 132 valence electrons. The normalized spacial score (nSPS) is 11.0. The maximum absolute atomic E-state index is 12.5. The van der Waals surface area contributed by atoms with Crippen molar-refractivity contribution < 1.29 is 9.53 Å². The molecule has 3 N–H and O–H groups in total. The summed E-state index contributed by atoms with van der Waals surface area (Å²) in [5, 5.41) is 4.95. The monoisotopic (exact) mass is 366 g/mol. The molecule has 6 nitrogen and oxygen atoms in total. The van der Waals surface area contributed by atoms with Gasteiger partial charge in [0, 0.05) is 24.5 Å². The first-order valence-electron chi connectivity index (χ1n) is 8.26. The topological polar surface area (TPSA) is 82.8 Å². The minimum atomic E-state index is -0.131. The number of benzene rings is 1. The molecule has 1 amide bonds. The summed E-state index contributed by atoms with van der Waals surface area (Å²) in [5.41, 5.74) is 3.21. The number of carbonyl (C=O) groups excluding carboxylic acids is 1. The van der Waals surface area contributed by atoms with E-state index in [0.717, 1.165) is 33.7 Å². The molecule has 0 unspecified atom stereocenters. The van der Waals surface area contributed by atoms with E-state index in [1.54, 1.807) is 24.5 Å². The first kappa shape index (κ1) is 16.4. The predicted octanol–water partition coefficient (Wildman–Crippen LogP) is 3.60. The third-order valence-electron chi connectivity index (χ3n) is 4.15. The predicted molar refractivity (Wildman–Crippen MR) is 103 cm³/mol. The highest BCUT2D eigenvalue weighted by molar-refractivity contribution is 7.13. The molecule has 0 aliphatic rings. The number of carbonyl (C=O) groups is 1. The Morgan fingerprint density at radius 2 is 2.27 bits per heavy atom. The number of imidazole rings is 1. The van der Waals surface area contributed by atoms with Crippen molar-refractivity contribution in [3.63, 3.8) is 0 Å². The van der Waals surface area contributed by atoms with Gasteiger partial charge in [0.25, 0.3) is 5.91 Å². The SMILES string of the molecule is COc1cc(C(=O)NCCc2cc[nH]c2)cc2[nH]c(-c3cccs3)nc12. The molecule has 0 saturated heterocycles. The van der Waals surface area contributed by atoms with Crippen LogP contribution in [0.15, 0.2) is 48.1 Å². The Labute approximate surface area is 154 Å². The molecule has 0 bridgehead atoms. The van der Waals surface area contributed by atoms with Gasteiger partial charge in [-0.3, -0.25) is 4.79 Å². The van der Waals surface area contributed by atoms with E-state index >= 15 is 0 Å². The minimum Gasteiger partial charge on any atom is -0.494 e. The number of hydrogen-bond donors (Lipinski definition) is 3. The summed E-state index contributed by atoms with van der Waals surface area (Å²) >= 11 is 1.61. The molecule has 26 heavy (non-hydrogen) atoms. The Morgan fingerprint density at radius 3 is 3.00 bits per heavy atom. The fraction of sp³-hybridized carbons (Fsp3) is 0.158. The van der Waals surface area contributed by atoms with Crippen LogP contribution in [0, 0.1) is 0 Å². The highest BCUT2D eigenvalue weighted by atomic mass is 32.1. The van der Waals surface area contributed by atoms with Gasteiger partial charge in [-0.25, -0.2) is 4.98 Å². The standard InChI is InChI=1S/C19H18N4O2S/c1-25-15-10-13(19(24)21-7-5-12-4-6-20-11-12)9-14-17(15)23-18(22-14)16-3-2-8-26-16/h2-4,6,8-11,20H,5,7H2,1H3,(H,21,24)(H,22,23). The molecular weight excluding hydrogens is 348 g/mol. The Balaban J connectivity index is 1.57. The zero-order valence-corrected chi connectivity index (χ0v) is 15.0. The second kappa shape index (κ2) is 7.05. The zero-order valence-electron chi connectivity index (χ0n) is 14.2. The highest BCUT2D eigenvalue weighted by Gasteiger charge is 2.15. The maximum Gasteiger partial charge on any atom is 0.251 e. The Kier molecular flexibility index (Phi) is 4.45. The fourth-order valence-corrected chi connectivity index (χ4v) is 3.51.